The Morgan fingerprint density at radius 3 is 1.14 bits per heavy atom. The highest BCUT2D eigenvalue weighted by Gasteiger charge is 2.55. The molecule has 0 saturated carbocycles. The van der Waals surface area contributed by atoms with Crippen molar-refractivity contribution in [2.45, 2.75) is 189 Å². The van der Waals surface area contributed by atoms with Crippen molar-refractivity contribution in [3.05, 3.63) is 304 Å². The van der Waals surface area contributed by atoms with E-state index in [9.17, 15) is 0 Å². The summed E-state index contributed by atoms with van der Waals surface area (Å²) in [4.78, 5) is 2.77. The number of rotatable bonds is 6. The first-order valence-electron chi connectivity index (χ1n) is 38.3. The number of ether oxygens (including phenoxy) is 1. The van der Waals surface area contributed by atoms with Crippen molar-refractivity contribution in [2.24, 2.45) is 0 Å². The second-order valence-corrected chi connectivity index (χ2v) is 37.9. The molecule has 0 fully saturated rings. The predicted molar refractivity (Wildman–Crippen MR) is 451 cm³/mol. The maximum atomic E-state index is 7.33. The average molecular weight is 1370 g/mol. The zero-order valence-corrected chi connectivity index (χ0v) is 66.0. The summed E-state index contributed by atoms with van der Waals surface area (Å²) >= 11 is 0. The highest BCUT2D eigenvalue weighted by atomic mass is 16.5. The molecule has 13 aromatic rings. The van der Waals surface area contributed by atoms with Gasteiger partial charge in [-0.15, -0.1) is 0 Å². The van der Waals surface area contributed by atoms with E-state index in [4.69, 9.17) is 4.74 Å². The van der Waals surface area contributed by atoms with Crippen molar-refractivity contribution in [1.29, 1.82) is 0 Å². The maximum Gasteiger partial charge on any atom is 0.247 e. The largest absolute Gasteiger partial charge is 0.457 e. The quantitative estimate of drug-likeness (QED) is 0.154. The molecule has 0 atom stereocenters. The molecule has 0 aliphatic carbocycles. The van der Waals surface area contributed by atoms with Crippen LogP contribution in [-0.2, 0) is 43.3 Å². The zero-order chi connectivity index (χ0) is 74.2. The van der Waals surface area contributed by atoms with Gasteiger partial charge in [-0.2, -0.15) is 0 Å². The fraction of sp³-hybridized carbons (Fsp3) is 0.287. The minimum Gasteiger partial charge on any atom is -0.457 e. The standard InChI is InChI=1S/C101H103BN2O/c1-94(2,3)68-41-46-86-78(57-68)79-58-69(95(4,5)6)42-47-87(79)103(86)75-43-45-85-88(61-75)104(93-76(62-32-24-22-25-33-62)59-74(100(19,20)21)60-77(93)63-34-26-23-27-35-63)89-54-67(66-50-72(98(13,14)15)56-73(51-66)99(16,17)18)53-83-92(89)102(85)84-44-40-64(65-48-70(96(7,8)9)55-71(49-65)97(10,11)12)52-82(84)101(83)80-36-28-30-38-90(80)105-91-39-31-29-37-81(91)101/h22-61H,1-21H3. The van der Waals surface area contributed by atoms with Crippen molar-refractivity contribution < 1.29 is 4.74 Å². The molecule has 1 aromatic heterocycles. The van der Waals surface area contributed by atoms with Crippen LogP contribution >= 0.6 is 0 Å². The molecule has 0 saturated heterocycles. The second kappa shape index (κ2) is 24.1. The Balaban J connectivity index is 1.13. The van der Waals surface area contributed by atoms with Crippen molar-refractivity contribution in [3.63, 3.8) is 0 Å². The highest BCUT2D eigenvalue weighted by Crippen LogP contribution is 2.60. The minimum atomic E-state index is -0.916. The molecular formula is C101H103BN2O. The molecule has 3 aliphatic heterocycles. The lowest BCUT2D eigenvalue weighted by molar-refractivity contribution is 0.435. The topological polar surface area (TPSA) is 17.4 Å². The van der Waals surface area contributed by atoms with Gasteiger partial charge >= 0.3 is 0 Å². The van der Waals surface area contributed by atoms with Gasteiger partial charge in [0.15, 0.2) is 0 Å². The van der Waals surface area contributed by atoms with Gasteiger partial charge in [0.2, 0.25) is 6.71 Å². The first-order valence-corrected chi connectivity index (χ1v) is 38.3. The molecular weight excluding hydrogens is 1270 g/mol. The summed E-state index contributed by atoms with van der Waals surface area (Å²) in [6.45, 7) is 49.3. The van der Waals surface area contributed by atoms with E-state index in [1.165, 1.54) is 116 Å². The van der Waals surface area contributed by atoms with Gasteiger partial charge in [0, 0.05) is 50.1 Å². The van der Waals surface area contributed by atoms with Gasteiger partial charge in [-0.25, -0.2) is 0 Å². The molecule has 0 N–H and O–H groups in total. The summed E-state index contributed by atoms with van der Waals surface area (Å²) in [5.41, 5.74) is 32.4. The smallest absolute Gasteiger partial charge is 0.247 e. The molecule has 16 rings (SSSR count). The van der Waals surface area contributed by atoms with E-state index in [1.54, 1.807) is 0 Å². The third-order valence-corrected chi connectivity index (χ3v) is 23.3. The monoisotopic (exact) mass is 1370 g/mol. The number of nitrogens with zero attached hydrogens (tertiary/aromatic N) is 2. The van der Waals surface area contributed by atoms with Crippen LogP contribution in [0.25, 0.3) is 72.0 Å². The molecule has 105 heavy (non-hydrogen) atoms. The van der Waals surface area contributed by atoms with E-state index in [2.05, 4.69) is 398 Å². The molecule has 4 heteroatoms. The van der Waals surface area contributed by atoms with Gasteiger partial charge in [0.05, 0.1) is 22.1 Å². The number of hydrogen-bond acceptors (Lipinski definition) is 2. The Hall–Kier alpha value is -9.90. The number of benzene rings is 12. The first-order chi connectivity index (χ1) is 49.5. The second-order valence-electron chi connectivity index (χ2n) is 37.9. The van der Waals surface area contributed by atoms with Crippen LogP contribution < -0.4 is 26.0 Å². The molecule has 0 bridgehead atoms. The van der Waals surface area contributed by atoms with E-state index in [0.29, 0.717) is 0 Å². The van der Waals surface area contributed by atoms with Crippen LogP contribution in [0.5, 0.6) is 11.5 Å². The Morgan fingerprint density at radius 2 is 0.686 bits per heavy atom. The molecule has 4 heterocycles. The van der Waals surface area contributed by atoms with Crippen LogP contribution in [0.15, 0.2) is 243 Å². The summed E-state index contributed by atoms with van der Waals surface area (Å²) in [5.74, 6) is 1.73. The number of para-hydroxylation sites is 2. The third kappa shape index (κ3) is 11.6. The van der Waals surface area contributed by atoms with E-state index >= 15 is 0 Å². The van der Waals surface area contributed by atoms with Gasteiger partial charge < -0.3 is 14.2 Å². The third-order valence-electron chi connectivity index (χ3n) is 23.3. The van der Waals surface area contributed by atoms with E-state index in [0.717, 1.165) is 62.1 Å². The summed E-state index contributed by atoms with van der Waals surface area (Å²) in [7, 11) is 0. The predicted octanol–water partition coefficient (Wildman–Crippen LogP) is 25.6. The number of fused-ring (bicyclic) bond motifs is 13. The molecule has 526 valence electrons. The summed E-state index contributed by atoms with van der Waals surface area (Å²) < 4.78 is 9.91. The van der Waals surface area contributed by atoms with E-state index in [1.807, 2.05) is 0 Å². The van der Waals surface area contributed by atoms with Crippen LogP contribution in [-0.4, -0.2) is 11.3 Å². The van der Waals surface area contributed by atoms with Gasteiger partial charge in [-0.1, -0.05) is 321 Å². The molecule has 1 spiro atoms. The fourth-order valence-electron chi connectivity index (χ4n) is 17.1. The van der Waals surface area contributed by atoms with Crippen LogP contribution in [0.3, 0.4) is 0 Å². The van der Waals surface area contributed by atoms with Gasteiger partial charge in [0.1, 0.15) is 11.5 Å². The van der Waals surface area contributed by atoms with Crippen LogP contribution in [0.4, 0.5) is 17.1 Å². The Kier molecular flexibility index (Phi) is 15.9. The molecule has 0 radical (unpaired) electrons. The highest BCUT2D eigenvalue weighted by molar-refractivity contribution is 6.99. The lowest BCUT2D eigenvalue weighted by Gasteiger charge is -2.51. The number of hydrogen-bond donors (Lipinski definition) is 0. The average Bonchev–Trinajstić information content (AvgIpc) is 1.34. The Labute approximate surface area is 626 Å². The number of aromatic nitrogens is 1. The summed E-state index contributed by atoms with van der Waals surface area (Å²) in [6, 6.07) is 95.5. The van der Waals surface area contributed by atoms with Crippen molar-refractivity contribution in [3.8, 4) is 61.7 Å². The molecule has 0 unspecified atom stereocenters. The van der Waals surface area contributed by atoms with E-state index in [-0.39, 0.29) is 44.6 Å². The maximum absolute atomic E-state index is 7.33. The van der Waals surface area contributed by atoms with Gasteiger partial charge in [-0.05, 0) is 205 Å². The Bertz CT molecular complexity index is 5430. The van der Waals surface area contributed by atoms with E-state index < -0.39 is 5.41 Å². The van der Waals surface area contributed by atoms with Crippen LogP contribution in [0.2, 0.25) is 0 Å². The molecule has 12 aromatic carbocycles. The SMILES string of the molecule is CC(C)(C)c1cc(-c2ccc3c(c2)C2(c4ccccc4Oc4ccccc42)c2cc(-c4cc(C(C)(C)C)cc(C(C)(C)C)c4)cc4c2B3c2ccc(-n3c5ccc(C(C)(C)C)cc5c5cc(C(C)(C)C)ccc53)cc2N4c2c(-c3ccccc3)cc(C(C)(C)C)cc2-c2ccccc2)cc(C(C)(C)C)c1. The van der Waals surface area contributed by atoms with Crippen LogP contribution in [0.1, 0.15) is 207 Å². The van der Waals surface area contributed by atoms with Crippen molar-refractivity contribution >= 4 is 62.0 Å². The van der Waals surface area contributed by atoms with Gasteiger partial charge in [-0.3, -0.25) is 0 Å². The zero-order valence-electron chi connectivity index (χ0n) is 66.0. The van der Waals surface area contributed by atoms with Crippen LogP contribution in [0, 0.1) is 0 Å². The minimum absolute atomic E-state index is 0.0597. The Morgan fingerprint density at radius 1 is 0.286 bits per heavy atom. The molecule has 3 nitrogen and oxygen atoms in total. The van der Waals surface area contributed by atoms with Crippen molar-refractivity contribution in [2.75, 3.05) is 4.90 Å². The summed E-state index contributed by atoms with van der Waals surface area (Å²) in [6.07, 6.45) is 0. The first kappa shape index (κ1) is 69.5. The number of anilines is 3. The molecule has 3 aliphatic rings. The fourth-order valence-corrected chi connectivity index (χ4v) is 17.1. The summed E-state index contributed by atoms with van der Waals surface area (Å²) in [5, 5.41) is 2.53. The lowest BCUT2D eigenvalue weighted by Crippen LogP contribution is -2.65. The van der Waals surface area contributed by atoms with Gasteiger partial charge in [0.25, 0.3) is 0 Å². The lowest BCUT2D eigenvalue weighted by atomic mass is 9.29. The van der Waals surface area contributed by atoms with Crippen molar-refractivity contribution in [1.82, 2.24) is 4.57 Å². The molecule has 0 amide bonds. The normalized spacial score (nSPS) is 14.3.